The Kier molecular flexibility index (Phi) is 7.60. The lowest BCUT2D eigenvalue weighted by Gasteiger charge is -2.24. The third kappa shape index (κ3) is 5.68. The molecule has 0 fully saturated rings. The van der Waals surface area contributed by atoms with Gasteiger partial charge in [-0.2, -0.15) is 0 Å². The molecule has 0 aromatic heterocycles. The molecular weight excluding hydrogens is 391 g/mol. The Balaban J connectivity index is 1.64. The molecule has 1 nitrogen and oxygen atoms in total. The zero-order valence-electron chi connectivity index (χ0n) is 17.5. The maximum atomic E-state index is 14.3. The molecule has 3 aromatic carbocycles. The van der Waals surface area contributed by atoms with Gasteiger partial charge in [-0.25, -0.2) is 4.39 Å². The van der Waals surface area contributed by atoms with Gasteiger partial charge in [-0.05, 0) is 80.6 Å². The fourth-order valence-electron chi connectivity index (χ4n) is 3.43. The van der Waals surface area contributed by atoms with Crippen LogP contribution in [-0.2, 0) is 11.8 Å². The minimum Gasteiger partial charge on any atom is -0.494 e. The molecule has 3 aromatic rings. The molecule has 0 spiro atoms. The standard InChI is InChI=1S/C27H27FOS/c1-4-27(3,22-14-16-23(17-15-22)29-5-2)19-9-10-21-13-18-25(28)26(20-21)30-24-11-7-6-8-12-24/h1,6-8,11-18,20H,5,9-10,19H2,2-3H3. The van der Waals surface area contributed by atoms with E-state index in [-0.39, 0.29) is 11.2 Å². The molecule has 0 heterocycles. The summed E-state index contributed by atoms with van der Waals surface area (Å²) in [6.07, 6.45) is 8.55. The van der Waals surface area contributed by atoms with Crippen LogP contribution < -0.4 is 4.74 Å². The lowest BCUT2D eigenvalue weighted by atomic mass is 9.78. The molecule has 0 bridgehead atoms. The SMILES string of the molecule is C#CC(C)(CCCc1ccc(F)c(Sc2ccccc2)c1)c1ccc(OCC)cc1. The maximum Gasteiger partial charge on any atom is 0.137 e. The summed E-state index contributed by atoms with van der Waals surface area (Å²) in [6.45, 7) is 4.72. The van der Waals surface area contributed by atoms with Gasteiger partial charge < -0.3 is 4.74 Å². The van der Waals surface area contributed by atoms with E-state index in [2.05, 4.69) is 25.0 Å². The quantitative estimate of drug-likeness (QED) is 0.337. The molecule has 154 valence electrons. The van der Waals surface area contributed by atoms with Crippen LogP contribution in [0.25, 0.3) is 0 Å². The molecule has 1 atom stereocenters. The highest BCUT2D eigenvalue weighted by atomic mass is 32.2. The van der Waals surface area contributed by atoms with Crippen molar-refractivity contribution in [2.75, 3.05) is 6.61 Å². The summed E-state index contributed by atoms with van der Waals surface area (Å²) in [7, 11) is 0. The first-order valence-corrected chi connectivity index (χ1v) is 11.1. The van der Waals surface area contributed by atoms with Crippen molar-refractivity contribution < 1.29 is 9.13 Å². The molecule has 3 heteroatoms. The Morgan fingerprint density at radius 3 is 2.43 bits per heavy atom. The highest BCUT2D eigenvalue weighted by molar-refractivity contribution is 7.99. The number of benzene rings is 3. The van der Waals surface area contributed by atoms with Crippen molar-refractivity contribution in [3.63, 3.8) is 0 Å². The normalized spacial score (nSPS) is 12.7. The van der Waals surface area contributed by atoms with E-state index in [1.807, 2.05) is 61.5 Å². The Morgan fingerprint density at radius 2 is 1.77 bits per heavy atom. The number of rotatable bonds is 9. The summed E-state index contributed by atoms with van der Waals surface area (Å²) >= 11 is 1.45. The topological polar surface area (TPSA) is 9.23 Å². The number of hydrogen-bond acceptors (Lipinski definition) is 2. The first kappa shape index (κ1) is 22.0. The Labute approximate surface area is 183 Å². The van der Waals surface area contributed by atoms with Gasteiger partial charge in [0.2, 0.25) is 0 Å². The van der Waals surface area contributed by atoms with Crippen LogP contribution in [0.5, 0.6) is 5.75 Å². The molecule has 0 saturated carbocycles. The van der Waals surface area contributed by atoms with E-state index >= 15 is 0 Å². The number of halogens is 1. The molecular formula is C27H27FOS. The van der Waals surface area contributed by atoms with E-state index in [1.54, 1.807) is 6.07 Å². The van der Waals surface area contributed by atoms with Crippen molar-refractivity contribution in [3.8, 4) is 18.1 Å². The molecule has 1 unspecified atom stereocenters. The van der Waals surface area contributed by atoms with Crippen LogP contribution in [0.3, 0.4) is 0 Å². The predicted octanol–water partition coefficient (Wildman–Crippen LogP) is 7.29. The van der Waals surface area contributed by atoms with Crippen molar-refractivity contribution >= 4 is 11.8 Å². The van der Waals surface area contributed by atoms with Gasteiger partial charge in [0.05, 0.1) is 12.0 Å². The van der Waals surface area contributed by atoms with Crippen LogP contribution >= 0.6 is 11.8 Å². The van der Waals surface area contributed by atoms with Crippen LogP contribution in [0.2, 0.25) is 0 Å². The second-order valence-corrected chi connectivity index (χ2v) is 8.58. The Morgan fingerprint density at radius 1 is 1.03 bits per heavy atom. The van der Waals surface area contributed by atoms with Crippen molar-refractivity contribution in [3.05, 3.63) is 89.7 Å². The molecule has 0 aliphatic rings. The highest BCUT2D eigenvalue weighted by Crippen LogP contribution is 2.33. The Hall–Kier alpha value is -2.70. The smallest absolute Gasteiger partial charge is 0.137 e. The third-order valence-corrected chi connectivity index (χ3v) is 6.27. The number of hydrogen-bond donors (Lipinski definition) is 0. The first-order valence-electron chi connectivity index (χ1n) is 10.3. The van der Waals surface area contributed by atoms with Crippen LogP contribution in [0.15, 0.2) is 82.6 Å². The van der Waals surface area contributed by atoms with E-state index in [0.29, 0.717) is 11.5 Å². The summed E-state index contributed by atoms with van der Waals surface area (Å²) in [5, 5.41) is 0. The maximum absolute atomic E-state index is 14.3. The summed E-state index contributed by atoms with van der Waals surface area (Å²) in [6, 6.07) is 23.3. The van der Waals surface area contributed by atoms with Gasteiger partial charge in [0.25, 0.3) is 0 Å². The minimum absolute atomic E-state index is 0.185. The number of aryl methyl sites for hydroxylation is 1. The van der Waals surface area contributed by atoms with Crippen LogP contribution in [0.1, 0.15) is 37.8 Å². The Bertz CT molecular complexity index is 992. The lowest BCUT2D eigenvalue weighted by Crippen LogP contribution is -2.19. The van der Waals surface area contributed by atoms with Gasteiger partial charge in [-0.3, -0.25) is 0 Å². The van der Waals surface area contributed by atoms with Crippen LogP contribution in [0, 0.1) is 18.2 Å². The summed E-state index contributed by atoms with van der Waals surface area (Å²) in [5.74, 6) is 3.65. The van der Waals surface area contributed by atoms with E-state index in [1.165, 1.54) is 11.8 Å². The average Bonchev–Trinajstić information content (AvgIpc) is 2.77. The summed E-state index contributed by atoms with van der Waals surface area (Å²) in [4.78, 5) is 1.69. The lowest BCUT2D eigenvalue weighted by molar-refractivity contribution is 0.340. The highest BCUT2D eigenvalue weighted by Gasteiger charge is 2.23. The number of ether oxygens (including phenoxy) is 1. The second kappa shape index (κ2) is 10.4. The second-order valence-electron chi connectivity index (χ2n) is 7.47. The average molecular weight is 419 g/mol. The van der Waals surface area contributed by atoms with E-state index in [4.69, 9.17) is 11.2 Å². The fourth-order valence-corrected chi connectivity index (χ4v) is 4.35. The molecule has 0 saturated heterocycles. The van der Waals surface area contributed by atoms with Gasteiger partial charge in [-0.1, -0.05) is 54.1 Å². The fraction of sp³-hybridized carbons (Fsp3) is 0.259. The first-order chi connectivity index (χ1) is 14.5. The van der Waals surface area contributed by atoms with Crippen molar-refractivity contribution in [1.82, 2.24) is 0 Å². The van der Waals surface area contributed by atoms with Gasteiger partial charge >= 0.3 is 0 Å². The van der Waals surface area contributed by atoms with Crippen LogP contribution in [0.4, 0.5) is 4.39 Å². The van der Waals surface area contributed by atoms with Gasteiger partial charge in [0.1, 0.15) is 11.6 Å². The minimum atomic E-state index is -0.341. The summed E-state index contributed by atoms with van der Waals surface area (Å²) in [5.41, 5.74) is 1.90. The zero-order chi connectivity index (χ0) is 21.4. The van der Waals surface area contributed by atoms with Crippen LogP contribution in [-0.4, -0.2) is 6.61 Å². The molecule has 0 amide bonds. The zero-order valence-corrected chi connectivity index (χ0v) is 18.3. The third-order valence-electron chi connectivity index (χ3n) is 5.23. The predicted molar refractivity (Wildman–Crippen MR) is 124 cm³/mol. The summed E-state index contributed by atoms with van der Waals surface area (Å²) < 4.78 is 19.8. The molecule has 0 aliphatic carbocycles. The van der Waals surface area contributed by atoms with Crippen molar-refractivity contribution in [1.29, 1.82) is 0 Å². The molecule has 30 heavy (non-hydrogen) atoms. The molecule has 0 radical (unpaired) electrons. The van der Waals surface area contributed by atoms with Crippen molar-refractivity contribution in [2.24, 2.45) is 0 Å². The molecule has 3 rings (SSSR count). The molecule has 0 N–H and O–H groups in total. The van der Waals surface area contributed by atoms with E-state index < -0.39 is 0 Å². The van der Waals surface area contributed by atoms with E-state index in [0.717, 1.165) is 41.0 Å². The molecule has 0 aliphatic heterocycles. The van der Waals surface area contributed by atoms with Gasteiger partial charge in [0, 0.05) is 9.79 Å². The van der Waals surface area contributed by atoms with Gasteiger partial charge in [-0.15, -0.1) is 6.42 Å². The van der Waals surface area contributed by atoms with Crippen molar-refractivity contribution in [2.45, 2.75) is 48.3 Å². The monoisotopic (exact) mass is 418 g/mol. The largest absolute Gasteiger partial charge is 0.494 e. The van der Waals surface area contributed by atoms with E-state index in [9.17, 15) is 4.39 Å². The van der Waals surface area contributed by atoms with Gasteiger partial charge in [0.15, 0.2) is 0 Å². The number of terminal acetylenes is 1.